The van der Waals surface area contributed by atoms with Crippen LogP contribution in [0.5, 0.6) is 0 Å². The maximum atomic E-state index is 11.1. The first-order chi connectivity index (χ1) is 13.0. The number of furan rings is 1. The number of hydrogen-bond acceptors (Lipinski definition) is 6. The molecule has 0 aliphatic carbocycles. The summed E-state index contributed by atoms with van der Waals surface area (Å²) in [5, 5.41) is 31.2. The fraction of sp³-hybridized carbons (Fsp3) is 0. The van der Waals surface area contributed by atoms with Gasteiger partial charge in [-0.2, -0.15) is 5.26 Å². The minimum Gasteiger partial charge on any atom is -0.456 e. The van der Waals surface area contributed by atoms with E-state index in [-0.39, 0.29) is 16.9 Å². The highest BCUT2D eigenvalue weighted by atomic mass is 16.6. The first-order valence-electron chi connectivity index (χ1n) is 7.70. The van der Waals surface area contributed by atoms with Gasteiger partial charge in [-0.05, 0) is 42.0 Å². The molecule has 0 amide bonds. The van der Waals surface area contributed by atoms with Gasteiger partial charge in [-0.3, -0.25) is 20.2 Å². The zero-order chi connectivity index (χ0) is 19.4. The van der Waals surface area contributed by atoms with Crippen LogP contribution < -0.4 is 0 Å². The van der Waals surface area contributed by atoms with E-state index in [1.54, 1.807) is 30.3 Å². The first-order valence-corrected chi connectivity index (χ1v) is 7.70. The van der Waals surface area contributed by atoms with Gasteiger partial charge in [0.2, 0.25) is 0 Å². The van der Waals surface area contributed by atoms with Crippen LogP contribution >= 0.6 is 0 Å². The maximum Gasteiger partial charge on any atom is 0.280 e. The van der Waals surface area contributed by atoms with Crippen molar-refractivity contribution in [3.63, 3.8) is 0 Å². The number of nitrogens with zero attached hydrogens (tertiary/aromatic N) is 3. The van der Waals surface area contributed by atoms with Crippen molar-refractivity contribution in [1.82, 2.24) is 0 Å². The van der Waals surface area contributed by atoms with Gasteiger partial charge in [0.05, 0.1) is 27.1 Å². The van der Waals surface area contributed by atoms with Gasteiger partial charge in [-0.25, -0.2) is 0 Å². The lowest BCUT2D eigenvalue weighted by Crippen LogP contribution is -1.90. The second-order valence-electron chi connectivity index (χ2n) is 5.45. The number of rotatable bonds is 5. The predicted octanol–water partition coefficient (Wildman–Crippen LogP) is 4.83. The van der Waals surface area contributed by atoms with E-state index in [2.05, 4.69) is 0 Å². The molecule has 0 aliphatic heterocycles. The van der Waals surface area contributed by atoms with Gasteiger partial charge in [0.15, 0.2) is 0 Å². The second-order valence-corrected chi connectivity index (χ2v) is 5.45. The van der Waals surface area contributed by atoms with Crippen LogP contribution in [0.2, 0.25) is 0 Å². The molecular weight excluding hydrogens is 350 g/mol. The van der Waals surface area contributed by atoms with Gasteiger partial charge in [0.1, 0.15) is 11.5 Å². The minimum atomic E-state index is -0.523. The standard InChI is InChI=1S/C19H11N3O5/c20-12-14(13-5-7-15(8-6-13)21(23)24)11-16-9-10-19(27-16)17-3-1-2-4-18(17)22(25)26/h1-11H/b14-11+. The Bertz CT molecular complexity index is 1090. The minimum absolute atomic E-state index is 0.0762. The Kier molecular flexibility index (Phi) is 4.77. The van der Waals surface area contributed by atoms with E-state index in [4.69, 9.17) is 4.42 Å². The molecule has 8 nitrogen and oxygen atoms in total. The topological polar surface area (TPSA) is 123 Å². The molecule has 0 N–H and O–H groups in total. The quantitative estimate of drug-likeness (QED) is 0.364. The molecule has 2 aromatic carbocycles. The number of benzene rings is 2. The van der Waals surface area contributed by atoms with Crippen LogP contribution in [0.3, 0.4) is 0 Å². The molecule has 0 aliphatic rings. The molecule has 0 spiro atoms. The molecule has 0 saturated heterocycles. The predicted molar refractivity (Wildman–Crippen MR) is 97.4 cm³/mol. The lowest BCUT2D eigenvalue weighted by Gasteiger charge is -2.00. The number of nitro benzene ring substituents is 2. The van der Waals surface area contributed by atoms with Crippen molar-refractivity contribution in [1.29, 1.82) is 5.26 Å². The summed E-state index contributed by atoms with van der Waals surface area (Å²) >= 11 is 0. The molecule has 3 rings (SSSR count). The van der Waals surface area contributed by atoms with E-state index >= 15 is 0 Å². The Hall–Kier alpha value is -4.25. The summed E-state index contributed by atoms with van der Waals surface area (Å²) in [6.07, 6.45) is 1.47. The number of non-ortho nitro benzene ring substituents is 1. The van der Waals surface area contributed by atoms with Crippen molar-refractivity contribution in [3.05, 3.63) is 92.2 Å². The summed E-state index contributed by atoms with van der Waals surface area (Å²) in [5.74, 6) is 0.632. The molecule has 132 valence electrons. The van der Waals surface area contributed by atoms with Crippen LogP contribution in [-0.4, -0.2) is 9.85 Å². The SMILES string of the molecule is N#C/C(=C\c1ccc(-c2ccccc2[N+](=O)[O-])o1)c1ccc([N+](=O)[O-])cc1. The van der Waals surface area contributed by atoms with Gasteiger partial charge in [0, 0.05) is 18.2 Å². The number of hydrogen-bond donors (Lipinski definition) is 0. The van der Waals surface area contributed by atoms with Gasteiger partial charge >= 0.3 is 0 Å². The summed E-state index contributed by atoms with van der Waals surface area (Å²) in [4.78, 5) is 20.8. The average molecular weight is 361 g/mol. The first kappa shape index (κ1) is 17.6. The van der Waals surface area contributed by atoms with Crippen LogP contribution in [0.15, 0.2) is 65.1 Å². The molecule has 0 radical (unpaired) electrons. The van der Waals surface area contributed by atoms with Crippen LogP contribution in [-0.2, 0) is 0 Å². The Labute approximate surface area is 152 Å². The molecular formula is C19H11N3O5. The van der Waals surface area contributed by atoms with E-state index in [1.165, 1.54) is 36.4 Å². The van der Waals surface area contributed by atoms with E-state index in [9.17, 15) is 25.5 Å². The molecule has 0 atom stereocenters. The molecule has 0 fully saturated rings. The highest BCUT2D eigenvalue weighted by Gasteiger charge is 2.17. The molecule has 0 bridgehead atoms. The third-order valence-corrected chi connectivity index (χ3v) is 3.79. The average Bonchev–Trinajstić information content (AvgIpc) is 3.14. The van der Waals surface area contributed by atoms with E-state index < -0.39 is 9.85 Å². The van der Waals surface area contributed by atoms with Crippen molar-refractivity contribution in [2.24, 2.45) is 0 Å². The highest BCUT2D eigenvalue weighted by molar-refractivity contribution is 5.89. The van der Waals surface area contributed by atoms with Crippen LogP contribution in [0.4, 0.5) is 11.4 Å². The van der Waals surface area contributed by atoms with Crippen molar-refractivity contribution in [3.8, 4) is 17.4 Å². The van der Waals surface area contributed by atoms with Crippen LogP contribution in [0.1, 0.15) is 11.3 Å². The Morgan fingerprint density at radius 1 is 0.963 bits per heavy atom. The Balaban J connectivity index is 1.95. The largest absolute Gasteiger partial charge is 0.456 e. The van der Waals surface area contributed by atoms with Crippen molar-refractivity contribution in [2.45, 2.75) is 0 Å². The highest BCUT2D eigenvalue weighted by Crippen LogP contribution is 2.32. The van der Waals surface area contributed by atoms with Crippen molar-refractivity contribution >= 4 is 23.0 Å². The van der Waals surface area contributed by atoms with E-state index in [0.717, 1.165) is 0 Å². The lowest BCUT2D eigenvalue weighted by molar-refractivity contribution is -0.384. The number of nitriles is 1. The third kappa shape index (κ3) is 3.72. The van der Waals surface area contributed by atoms with Crippen LogP contribution in [0.25, 0.3) is 23.0 Å². The van der Waals surface area contributed by atoms with E-state index in [0.29, 0.717) is 22.6 Å². The van der Waals surface area contributed by atoms with Crippen LogP contribution in [0, 0.1) is 31.6 Å². The van der Waals surface area contributed by atoms with Gasteiger partial charge < -0.3 is 4.42 Å². The molecule has 8 heteroatoms. The Morgan fingerprint density at radius 3 is 2.30 bits per heavy atom. The van der Waals surface area contributed by atoms with Gasteiger partial charge in [-0.1, -0.05) is 12.1 Å². The number of allylic oxidation sites excluding steroid dienone is 1. The zero-order valence-corrected chi connectivity index (χ0v) is 13.7. The number of para-hydroxylation sites is 1. The smallest absolute Gasteiger partial charge is 0.280 e. The summed E-state index contributed by atoms with van der Waals surface area (Å²) in [7, 11) is 0. The molecule has 0 unspecified atom stereocenters. The monoisotopic (exact) mass is 361 g/mol. The van der Waals surface area contributed by atoms with Crippen molar-refractivity contribution in [2.75, 3.05) is 0 Å². The molecule has 1 heterocycles. The summed E-state index contributed by atoms with van der Waals surface area (Å²) < 4.78 is 5.64. The zero-order valence-electron chi connectivity index (χ0n) is 13.7. The summed E-state index contributed by atoms with van der Waals surface area (Å²) in [6.45, 7) is 0. The fourth-order valence-electron chi connectivity index (χ4n) is 2.50. The van der Waals surface area contributed by atoms with Gasteiger partial charge in [-0.15, -0.1) is 0 Å². The summed E-state index contributed by atoms with van der Waals surface area (Å²) in [5.41, 5.74) is 0.905. The maximum absolute atomic E-state index is 11.1. The number of nitro groups is 2. The molecule has 3 aromatic rings. The summed E-state index contributed by atoms with van der Waals surface area (Å²) in [6, 6.07) is 16.9. The normalized spacial score (nSPS) is 11.0. The Morgan fingerprint density at radius 2 is 1.67 bits per heavy atom. The van der Waals surface area contributed by atoms with Gasteiger partial charge in [0.25, 0.3) is 11.4 Å². The molecule has 27 heavy (non-hydrogen) atoms. The molecule has 0 saturated carbocycles. The fourth-order valence-corrected chi connectivity index (χ4v) is 2.50. The lowest BCUT2D eigenvalue weighted by atomic mass is 10.1. The van der Waals surface area contributed by atoms with Crippen molar-refractivity contribution < 1.29 is 14.3 Å². The molecule has 1 aromatic heterocycles. The van der Waals surface area contributed by atoms with E-state index in [1.807, 2.05) is 6.07 Å². The third-order valence-electron chi connectivity index (χ3n) is 3.79. The second kappa shape index (κ2) is 7.33.